The number of aromatic nitrogens is 2. The molecule has 0 saturated carbocycles. The topological polar surface area (TPSA) is 29.9 Å². The maximum Gasteiger partial charge on any atom is 0.0729 e. The van der Waals surface area contributed by atoms with Gasteiger partial charge in [0.05, 0.1) is 11.9 Å². The lowest BCUT2D eigenvalue weighted by molar-refractivity contribution is 0.660. The maximum atomic E-state index is 4.22. The Balaban J connectivity index is 1.94. The summed E-state index contributed by atoms with van der Waals surface area (Å²) in [5, 5.41) is 7.57. The summed E-state index contributed by atoms with van der Waals surface area (Å²) >= 11 is 0. The second-order valence-electron chi connectivity index (χ2n) is 3.92. The van der Waals surface area contributed by atoms with Crippen LogP contribution in [-0.4, -0.2) is 9.78 Å². The van der Waals surface area contributed by atoms with E-state index in [0.717, 1.165) is 18.8 Å². The van der Waals surface area contributed by atoms with E-state index < -0.39 is 0 Å². The van der Waals surface area contributed by atoms with Gasteiger partial charge >= 0.3 is 0 Å². The molecule has 0 spiro atoms. The van der Waals surface area contributed by atoms with E-state index in [1.54, 1.807) is 0 Å². The Morgan fingerprint density at radius 3 is 2.62 bits per heavy atom. The number of hydrogen-bond donors (Lipinski definition) is 1. The highest BCUT2D eigenvalue weighted by molar-refractivity contribution is 5.39. The molecule has 0 atom stereocenters. The number of aryl methyl sites for hydroxylation is 2. The summed E-state index contributed by atoms with van der Waals surface area (Å²) in [6.07, 6.45) is 3.88. The Morgan fingerprint density at radius 2 is 2.00 bits per heavy atom. The summed E-state index contributed by atoms with van der Waals surface area (Å²) < 4.78 is 1.91. The molecule has 0 amide bonds. The highest BCUT2D eigenvalue weighted by Crippen LogP contribution is 2.08. The molecule has 0 aliphatic heterocycles. The van der Waals surface area contributed by atoms with Gasteiger partial charge in [-0.1, -0.05) is 29.8 Å². The van der Waals surface area contributed by atoms with E-state index in [1.807, 2.05) is 17.1 Å². The molecule has 0 saturated heterocycles. The van der Waals surface area contributed by atoms with E-state index >= 15 is 0 Å². The second-order valence-corrected chi connectivity index (χ2v) is 3.92. The minimum Gasteiger partial charge on any atom is -0.378 e. The molecule has 0 aliphatic carbocycles. The Kier molecular flexibility index (Phi) is 3.25. The molecule has 16 heavy (non-hydrogen) atoms. The monoisotopic (exact) mass is 215 g/mol. The van der Waals surface area contributed by atoms with Gasteiger partial charge in [-0.25, -0.2) is 0 Å². The van der Waals surface area contributed by atoms with Crippen molar-refractivity contribution < 1.29 is 0 Å². The molecule has 0 unspecified atom stereocenters. The number of hydrogen-bond acceptors (Lipinski definition) is 2. The van der Waals surface area contributed by atoms with Crippen molar-refractivity contribution in [3.63, 3.8) is 0 Å². The SMILES string of the molecule is CCn1cc(NCc2ccc(C)cc2)cn1. The average molecular weight is 215 g/mol. The standard InChI is InChI=1S/C13H17N3/c1-3-16-10-13(9-15-16)14-8-12-6-4-11(2)5-7-12/h4-7,9-10,14H,3,8H2,1-2H3. The maximum absolute atomic E-state index is 4.22. The molecule has 2 rings (SSSR count). The number of benzene rings is 1. The van der Waals surface area contributed by atoms with Crippen LogP contribution in [0.4, 0.5) is 5.69 Å². The Hall–Kier alpha value is -1.77. The van der Waals surface area contributed by atoms with Crippen molar-refractivity contribution in [1.82, 2.24) is 9.78 Å². The molecule has 0 aliphatic rings. The van der Waals surface area contributed by atoms with E-state index in [2.05, 4.69) is 48.5 Å². The first-order valence-electron chi connectivity index (χ1n) is 5.60. The fourth-order valence-electron chi connectivity index (χ4n) is 1.54. The molecule has 3 heteroatoms. The molecule has 1 N–H and O–H groups in total. The van der Waals surface area contributed by atoms with Gasteiger partial charge in [-0.05, 0) is 19.4 Å². The molecule has 3 nitrogen and oxygen atoms in total. The van der Waals surface area contributed by atoms with Crippen LogP contribution in [-0.2, 0) is 13.1 Å². The molecule has 2 aromatic rings. The third kappa shape index (κ3) is 2.63. The van der Waals surface area contributed by atoms with Gasteiger partial charge < -0.3 is 5.32 Å². The Morgan fingerprint density at radius 1 is 1.25 bits per heavy atom. The average Bonchev–Trinajstić information content (AvgIpc) is 2.76. The highest BCUT2D eigenvalue weighted by Gasteiger charge is 1.96. The third-order valence-electron chi connectivity index (χ3n) is 2.57. The lowest BCUT2D eigenvalue weighted by atomic mass is 10.1. The van der Waals surface area contributed by atoms with Crippen molar-refractivity contribution in [2.45, 2.75) is 26.9 Å². The van der Waals surface area contributed by atoms with Crippen molar-refractivity contribution in [3.05, 3.63) is 47.8 Å². The quantitative estimate of drug-likeness (QED) is 0.850. The fraction of sp³-hybridized carbons (Fsp3) is 0.308. The predicted molar refractivity (Wildman–Crippen MR) is 66.4 cm³/mol. The van der Waals surface area contributed by atoms with Gasteiger partial charge in [-0.3, -0.25) is 4.68 Å². The molecule has 1 aromatic carbocycles. The number of nitrogens with one attached hydrogen (secondary N) is 1. The molecular formula is C13H17N3. The van der Waals surface area contributed by atoms with Crippen molar-refractivity contribution in [3.8, 4) is 0 Å². The van der Waals surface area contributed by atoms with Gasteiger partial charge in [0.1, 0.15) is 0 Å². The lowest BCUT2D eigenvalue weighted by Gasteiger charge is -2.03. The van der Waals surface area contributed by atoms with Crippen LogP contribution in [0, 0.1) is 6.92 Å². The smallest absolute Gasteiger partial charge is 0.0729 e. The second kappa shape index (κ2) is 4.84. The van der Waals surface area contributed by atoms with Gasteiger partial charge in [0.2, 0.25) is 0 Å². The van der Waals surface area contributed by atoms with Crippen LogP contribution in [0.5, 0.6) is 0 Å². The fourth-order valence-corrected chi connectivity index (χ4v) is 1.54. The molecule has 1 aromatic heterocycles. The van der Waals surface area contributed by atoms with Crippen molar-refractivity contribution in [1.29, 1.82) is 0 Å². The summed E-state index contributed by atoms with van der Waals surface area (Å²) in [5.74, 6) is 0. The van der Waals surface area contributed by atoms with Crippen LogP contribution in [0.15, 0.2) is 36.7 Å². The zero-order valence-corrected chi connectivity index (χ0v) is 9.77. The molecular weight excluding hydrogens is 198 g/mol. The minimum absolute atomic E-state index is 0.843. The van der Waals surface area contributed by atoms with Crippen LogP contribution in [0.25, 0.3) is 0 Å². The van der Waals surface area contributed by atoms with Crippen molar-refractivity contribution in [2.24, 2.45) is 0 Å². The van der Waals surface area contributed by atoms with E-state index in [4.69, 9.17) is 0 Å². The summed E-state index contributed by atoms with van der Waals surface area (Å²) in [5.41, 5.74) is 3.65. The normalized spacial score (nSPS) is 10.4. The zero-order chi connectivity index (χ0) is 11.4. The molecule has 0 bridgehead atoms. The van der Waals surface area contributed by atoms with Gasteiger partial charge in [0.15, 0.2) is 0 Å². The predicted octanol–water partition coefficient (Wildman–Crippen LogP) is 2.82. The van der Waals surface area contributed by atoms with E-state index in [9.17, 15) is 0 Å². The molecule has 0 fully saturated rings. The number of rotatable bonds is 4. The van der Waals surface area contributed by atoms with Crippen molar-refractivity contribution >= 4 is 5.69 Å². The minimum atomic E-state index is 0.843. The first-order chi connectivity index (χ1) is 7.78. The third-order valence-corrected chi connectivity index (χ3v) is 2.57. The lowest BCUT2D eigenvalue weighted by Crippen LogP contribution is -1.98. The van der Waals surface area contributed by atoms with Gasteiger partial charge in [0, 0.05) is 19.3 Å². The van der Waals surface area contributed by atoms with Crippen molar-refractivity contribution in [2.75, 3.05) is 5.32 Å². The summed E-state index contributed by atoms with van der Waals surface area (Å²) in [7, 11) is 0. The van der Waals surface area contributed by atoms with E-state index in [-0.39, 0.29) is 0 Å². The van der Waals surface area contributed by atoms with Gasteiger partial charge in [-0.2, -0.15) is 5.10 Å². The zero-order valence-electron chi connectivity index (χ0n) is 9.77. The van der Waals surface area contributed by atoms with Crippen LogP contribution < -0.4 is 5.32 Å². The van der Waals surface area contributed by atoms with Crippen LogP contribution in [0.1, 0.15) is 18.1 Å². The van der Waals surface area contributed by atoms with Crippen LogP contribution >= 0.6 is 0 Å². The first kappa shape index (κ1) is 10.7. The van der Waals surface area contributed by atoms with E-state index in [0.29, 0.717) is 0 Å². The summed E-state index contributed by atoms with van der Waals surface area (Å²) in [6, 6.07) is 8.55. The largest absolute Gasteiger partial charge is 0.378 e. The van der Waals surface area contributed by atoms with Crippen LogP contribution in [0.2, 0.25) is 0 Å². The van der Waals surface area contributed by atoms with Crippen LogP contribution in [0.3, 0.4) is 0 Å². The molecule has 0 radical (unpaired) electrons. The number of anilines is 1. The highest BCUT2D eigenvalue weighted by atomic mass is 15.3. The summed E-state index contributed by atoms with van der Waals surface area (Å²) in [4.78, 5) is 0. The van der Waals surface area contributed by atoms with Gasteiger partial charge in [-0.15, -0.1) is 0 Å². The van der Waals surface area contributed by atoms with E-state index in [1.165, 1.54) is 11.1 Å². The summed E-state index contributed by atoms with van der Waals surface area (Å²) in [6.45, 7) is 5.93. The Labute approximate surface area is 96.1 Å². The Bertz CT molecular complexity index is 442. The number of nitrogens with zero attached hydrogens (tertiary/aromatic N) is 2. The molecule has 1 heterocycles. The first-order valence-corrected chi connectivity index (χ1v) is 5.60. The molecule has 84 valence electrons. The van der Waals surface area contributed by atoms with Gasteiger partial charge in [0.25, 0.3) is 0 Å².